The van der Waals surface area contributed by atoms with Crippen LogP contribution in [0.4, 0.5) is 8.78 Å². The standard InChI is InChI=1S/C22H15F2N3O/c1-13(28)20-19(17-7-6-15(23)10-18(17)24)22(11-25,12-26)21-16-5-3-2-4-14(16)8-9-27(20)21/h2-10,19-21H,1H3/t19-,20-,21+/m1/s1. The van der Waals surface area contributed by atoms with E-state index in [0.717, 1.165) is 17.2 Å². The first-order valence-electron chi connectivity index (χ1n) is 8.77. The molecule has 0 amide bonds. The number of carbonyl (C=O) groups is 1. The predicted molar refractivity (Wildman–Crippen MR) is 97.3 cm³/mol. The normalized spacial score (nSPS) is 24.0. The molecule has 138 valence electrons. The number of benzene rings is 2. The van der Waals surface area contributed by atoms with Crippen molar-refractivity contribution in [2.24, 2.45) is 5.41 Å². The second kappa shape index (κ2) is 6.28. The van der Waals surface area contributed by atoms with Crippen LogP contribution in [-0.2, 0) is 4.79 Å². The molecule has 0 spiro atoms. The van der Waals surface area contributed by atoms with Crippen molar-refractivity contribution in [1.29, 1.82) is 10.5 Å². The quantitative estimate of drug-likeness (QED) is 0.793. The van der Waals surface area contributed by atoms with Crippen LogP contribution in [0, 0.1) is 39.7 Å². The molecular formula is C22H15F2N3O. The molecule has 2 heterocycles. The summed E-state index contributed by atoms with van der Waals surface area (Å²) in [6.07, 6.45) is 3.49. The smallest absolute Gasteiger partial charge is 0.177 e. The third-order valence-electron chi connectivity index (χ3n) is 5.66. The Kier molecular flexibility index (Phi) is 4.01. The predicted octanol–water partition coefficient (Wildman–Crippen LogP) is 4.08. The van der Waals surface area contributed by atoms with Crippen molar-refractivity contribution < 1.29 is 13.6 Å². The molecule has 4 nitrogen and oxygen atoms in total. The van der Waals surface area contributed by atoms with Gasteiger partial charge in [-0.25, -0.2) is 8.78 Å². The van der Waals surface area contributed by atoms with Crippen LogP contribution in [0.15, 0.2) is 48.7 Å². The number of carbonyl (C=O) groups excluding carboxylic acids is 1. The van der Waals surface area contributed by atoms with Gasteiger partial charge >= 0.3 is 0 Å². The molecule has 28 heavy (non-hydrogen) atoms. The largest absolute Gasteiger partial charge is 0.357 e. The van der Waals surface area contributed by atoms with E-state index in [2.05, 4.69) is 12.1 Å². The van der Waals surface area contributed by atoms with Gasteiger partial charge < -0.3 is 4.90 Å². The zero-order chi connectivity index (χ0) is 20.1. The molecule has 0 bridgehead atoms. The van der Waals surface area contributed by atoms with Crippen molar-refractivity contribution in [2.45, 2.75) is 24.9 Å². The SMILES string of the molecule is CC(=O)[C@@H]1[C@@H](c2ccc(F)cc2F)C(C#N)(C#N)[C@@H]2c3ccccc3C=CN12. The van der Waals surface area contributed by atoms with Crippen molar-refractivity contribution in [3.05, 3.63) is 77.0 Å². The lowest BCUT2D eigenvalue weighted by molar-refractivity contribution is -0.121. The van der Waals surface area contributed by atoms with Crippen LogP contribution in [0.2, 0.25) is 0 Å². The summed E-state index contributed by atoms with van der Waals surface area (Å²) in [6.45, 7) is 1.36. The Morgan fingerprint density at radius 1 is 1.11 bits per heavy atom. The Bertz CT molecular complexity index is 1080. The van der Waals surface area contributed by atoms with Gasteiger partial charge in [-0.2, -0.15) is 10.5 Å². The van der Waals surface area contributed by atoms with Gasteiger partial charge in [-0.1, -0.05) is 30.3 Å². The van der Waals surface area contributed by atoms with Crippen LogP contribution in [0.25, 0.3) is 6.08 Å². The molecule has 2 aliphatic rings. The Morgan fingerprint density at radius 2 is 1.82 bits per heavy atom. The van der Waals surface area contributed by atoms with Gasteiger partial charge in [0.05, 0.1) is 24.2 Å². The molecule has 0 radical (unpaired) electrons. The molecule has 1 saturated heterocycles. The lowest BCUT2D eigenvalue weighted by Crippen LogP contribution is -2.36. The van der Waals surface area contributed by atoms with E-state index in [9.17, 15) is 24.1 Å². The fraction of sp³-hybridized carbons (Fsp3) is 0.227. The van der Waals surface area contributed by atoms with Crippen molar-refractivity contribution in [3.63, 3.8) is 0 Å². The van der Waals surface area contributed by atoms with Gasteiger partial charge in [0.15, 0.2) is 11.2 Å². The highest BCUT2D eigenvalue weighted by atomic mass is 19.1. The summed E-state index contributed by atoms with van der Waals surface area (Å²) < 4.78 is 28.2. The van der Waals surface area contributed by atoms with Crippen LogP contribution >= 0.6 is 0 Å². The topological polar surface area (TPSA) is 67.9 Å². The fourth-order valence-electron chi connectivity index (χ4n) is 4.55. The molecule has 2 aromatic carbocycles. The van der Waals surface area contributed by atoms with E-state index in [0.29, 0.717) is 6.07 Å². The number of nitriles is 2. The Balaban J connectivity index is 2.03. The average molecular weight is 375 g/mol. The Labute approximate surface area is 160 Å². The Morgan fingerprint density at radius 3 is 2.46 bits per heavy atom. The number of halogens is 2. The van der Waals surface area contributed by atoms with Crippen molar-refractivity contribution in [2.75, 3.05) is 0 Å². The molecule has 4 rings (SSSR count). The highest BCUT2D eigenvalue weighted by molar-refractivity contribution is 5.85. The molecule has 0 saturated carbocycles. The second-order valence-electron chi connectivity index (χ2n) is 7.09. The van der Waals surface area contributed by atoms with Crippen LogP contribution in [0.1, 0.15) is 35.6 Å². The zero-order valence-electron chi connectivity index (χ0n) is 14.9. The maximum absolute atomic E-state index is 14.7. The van der Waals surface area contributed by atoms with Crippen LogP contribution in [0.5, 0.6) is 0 Å². The summed E-state index contributed by atoms with van der Waals surface area (Å²) in [6, 6.07) is 12.8. The third kappa shape index (κ3) is 2.28. The van der Waals surface area contributed by atoms with Gasteiger partial charge in [0.1, 0.15) is 11.6 Å². The van der Waals surface area contributed by atoms with E-state index < -0.39 is 35.1 Å². The van der Waals surface area contributed by atoms with Crippen molar-refractivity contribution >= 4 is 11.9 Å². The highest BCUT2D eigenvalue weighted by Crippen LogP contribution is 2.59. The van der Waals surface area contributed by atoms with E-state index in [1.807, 2.05) is 18.2 Å². The van der Waals surface area contributed by atoms with Crippen molar-refractivity contribution in [3.8, 4) is 12.1 Å². The summed E-state index contributed by atoms with van der Waals surface area (Å²) in [5, 5.41) is 20.3. The summed E-state index contributed by atoms with van der Waals surface area (Å²) in [5.74, 6) is -3.00. The minimum Gasteiger partial charge on any atom is -0.357 e. The monoisotopic (exact) mass is 375 g/mol. The molecule has 0 N–H and O–H groups in total. The maximum Gasteiger partial charge on any atom is 0.177 e. The lowest BCUT2D eigenvalue weighted by atomic mass is 9.67. The zero-order valence-corrected chi connectivity index (χ0v) is 14.9. The number of hydrogen-bond donors (Lipinski definition) is 0. The van der Waals surface area contributed by atoms with E-state index >= 15 is 0 Å². The van der Waals surface area contributed by atoms with Crippen LogP contribution in [-0.4, -0.2) is 16.7 Å². The molecule has 2 aromatic rings. The molecule has 3 atom stereocenters. The molecular weight excluding hydrogens is 360 g/mol. The summed E-state index contributed by atoms with van der Waals surface area (Å²) in [7, 11) is 0. The lowest BCUT2D eigenvalue weighted by Gasteiger charge is -2.34. The first-order valence-corrected chi connectivity index (χ1v) is 8.77. The van der Waals surface area contributed by atoms with E-state index in [1.165, 1.54) is 13.0 Å². The summed E-state index contributed by atoms with van der Waals surface area (Å²) >= 11 is 0. The van der Waals surface area contributed by atoms with Gasteiger partial charge in [0, 0.05) is 18.2 Å². The molecule has 2 aliphatic heterocycles. The first-order chi connectivity index (χ1) is 13.4. The number of Topliss-reactive ketones (excluding diaryl/α,β-unsaturated/α-hetero) is 1. The van der Waals surface area contributed by atoms with Gasteiger partial charge in [-0.05, 0) is 35.8 Å². The summed E-state index contributed by atoms with van der Waals surface area (Å²) in [4.78, 5) is 14.3. The first kappa shape index (κ1) is 17.9. The fourth-order valence-corrected chi connectivity index (χ4v) is 4.55. The molecule has 1 fully saturated rings. The van der Waals surface area contributed by atoms with Gasteiger partial charge in [0.25, 0.3) is 0 Å². The van der Waals surface area contributed by atoms with Crippen LogP contribution in [0.3, 0.4) is 0 Å². The molecule has 0 unspecified atom stereocenters. The molecule has 0 aromatic heterocycles. The maximum atomic E-state index is 14.7. The van der Waals surface area contributed by atoms with Crippen molar-refractivity contribution in [1.82, 2.24) is 4.90 Å². The number of nitrogens with zero attached hydrogens (tertiary/aromatic N) is 3. The van der Waals surface area contributed by atoms with E-state index in [1.54, 1.807) is 23.2 Å². The van der Waals surface area contributed by atoms with Gasteiger partial charge in [-0.15, -0.1) is 0 Å². The summed E-state index contributed by atoms with van der Waals surface area (Å²) in [5.41, 5.74) is -0.175. The molecule has 6 heteroatoms. The minimum atomic E-state index is -1.73. The van der Waals surface area contributed by atoms with E-state index in [4.69, 9.17) is 0 Å². The second-order valence-corrected chi connectivity index (χ2v) is 7.09. The third-order valence-corrected chi connectivity index (χ3v) is 5.66. The van der Waals surface area contributed by atoms with Crippen LogP contribution < -0.4 is 0 Å². The Hall–Kier alpha value is -3.51. The average Bonchev–Trinajstić information content (AvgIpc) is 2.99. The van der Waals surface area contributed by atoms with Gasteiger partial charge in [-0.3, -0.25) is 4.79 Å². The molecule has 0 aliphatic carbocycles. The number of ketones is 1. The minimum absolute atomic E-state index is 0.00928. The number of fused-ring (bicyclic) bond motifs is 3. The van der Waals surface area contributed by atoms with Gasteiger partial charge in [0.2, 0.25) is 0 Å². The van der Waals surface area contributed by atoms with E-state index in [-0.39, 0.29) is 11.3 Å². The number of hydrogen-bond acceptors (Lipinski definition) is 4. The highest BCUT2D eigenvalue weighted by Gasteiger charge is 2.63. The number of rotatable bonds is 2.